The Morgan fingerprint density at radius 1 is 1.15 bits per heavy atom. The van der Waals surface area contributed by atoms with Crippen molar-refractivity contribution in [1.82, 2.24) is 19.8 Å². The highest BCUT2D eigenvalue weighted by molar-refractivity contribution is 6.30. The second-order valence-electron chi connectivity index (χ2n) is 6.58. The van der Waals surface area contributed by atoms with Crippen LogP contribution in [0, 0.1) is 6.92 Å². The molecule has 1 aliphatic rings. The minimum atomic E-state index is -0.0237. The normalized spacial score (nSPS) is 15.1. The number of hydrogen-bond acceptors (Lipinski definition) is 5. The summed E-state index contributed by atoms with van der Waals surface area (Å²) in [6.07, 6.45) is 0.849. The quantitative estimate of drug-likeness (QED) is 0.872. The first-order valence-electron chi connectivity index (χ1n) is 8.83. The van der Waals surface area contributed by atoms with Crippen LogP contribution in [0.3, 0.4) is 0 Å². The molecule has 0 saturated carbocycles. The summed E-state index contributed by atoms with van der Waals surface area (Å²) in [5.74, 6) is 1.26. The molecule has 0 radical (unpaired) electrons. The Bertz CT molecular complexity index is 757. The van der Waals surface area contributed by atoms with Crippen molar-refractivity contribution in [2.24, 2.45) is 0 Å². The number of aryl methyl sites for hydroxylation is 1. The second kappa shape index (κ2) is 8.47. The number of likely N-dealkylation sites (N-methyl/N-ethyl adjacent to an activating group) is 1. The minimum absolute atomic E-state index is 0.0237. The number of amides is 1. The molecule has 7 heteroatoms. The van der Waals surface area contributed by atoms with Crippen LogP contribution in [0.25, 0.3) is 0 Å². The first kappa shape index (κ1) is 18.6. The van der Waals surface area contributed by atoms with E-state index in [-0.39, 0.29) is 5.91 Å². The van der Waals surface area contributed by atoms with Crippen LogP contribution in [0.4, 0.5) is 5.82 Å². The summed E-state index contributed by atoms with van der Waals surface area (Å²) in [5, 5.41) is 4.03. The second-order valence-corrected chi connectivity index (χ2v) is 7.02. The van der Waals surface area contributed by atoms with Crippen molar-refractivity contribution < 1.29 is 4.79 Å². The van der Waals surface area contributed by atoms with Crippen molar-refractivity contribution in [3.05, 3.63) is 52.4 Å². The number of carbonyl (C=O) groups excluding carboxylic acids is 1. The maximum absolute atomic E-state index is 12.7. The number of carbonyl (C=O) groups is 1. The standard InChI is InChI=1S/C19H24ClN5O/c1-14-22-17(19(26)25-11-9-24(2)10-12-25)13-18(23-14)21-8-7-15-3-5-16(20)6-4-15/h3-6,13H,7-12H2,1-2H3,(H,21,22,23). The van der Waals surface area contributed by atoms with Gasteiger partial charge in [0.05, 0.1) is 0 Å². The first-order valence-corrected chi connectivity index (χ1v) is 9.21. The Morgan fingerprint density at radius 2 is 1.85 bits per heavy atom. The van der Waals surface area contributed by atoms with Gasteiger partial charge in [0.25, 0.3) is 5.91 Å². The molecule has 1 aliphatic heterocycles. The predicted octanol–water partition coefficient (Wildman–Crippen LogP) is 2.48. The molecule has 2 heterocycles. The fourth-order valence-corrected chi connectivity index (χ4v) is 3.05. The van der Waals surface area contributed by atoms with E-state index in [0.717, 1.165) is 44.2 Å². The van der Waals surface area contributed by atoms with Gasteiger partial charge in [-0.2, -0.15) is 0 Å². The van der Waals surface area contributed by atoms with Crippen molar-refractivity contribution in [2.45, 2.75) is 13.3 Å². The fraction of sp³-hybridized carbons (Fsp3) is 0.421. The lowest BCUT2D eigenvalue weighted by Crippen LogP contribution is -2.47. The number of nitrogens with zero attached hydrogens (tertiary/aromatic N) is 4. The summed E-state index contributed by atoms with van der Waals surface area (Å²) in [7, 11) is 2.07. The third-order valence-electron chi connectivity index (χ3n) is 4.48. The number of hydrogen-bond donors (Lipinski definition) is 1. The number of nitrogens with one attached hydrogen (secondary N) is 1. The van der Waals surface area contributed by atoms with Gasteiger partial charge < -0.3 is 15.1 Å². The number of piperazine rings is 1. The zero-order valence-electron chi connectivity index (χ0n) is 15.2. The topological polar surface area (TPSA) is 61.4 Å². The van der Waals surface area contributed by atoms with E-state index in [9.17, 15) is 4.79 Å². The Labute approximate surface area is 159 Å². The summed E-state index contributed by atoms with van der Waals surface area (Å²) in [6, 6.07) is 9.54. The molecule has 1 aromatic carbocycles. The maximum Gasteiger partial charge on any atom is 0.272 e. The lowest BCUT2D eigenvalue weighted by atomic mass is 10.1. The molecular formula is C19H24ClN5O. The van der Waals surface area contributed by atoms with E-state index in [0.29, 0.717) is 17.3 Å². The molecule has 0 spiro atoms. The minimum Gasteiger partial charge on any atom is -0.370 e. The van der Waals surface area contributed by atoms with Gasteiger partial charge in [-0.25, -0.2) is 9.97 Å². The molecule has 0 atom stereocenters. The number of aromatic nitrogens is 2. The van der Waals surface area contributed by atoms with E-state index in [1.807, 2.05) is 36.1 Å². The molecular weight excluding hydrogens is 350 g/mol. The van der Waals surface area contributed by atoms with E-state index in [1.165, 1.54) is 5.56 Å². The molecule has 1 aromatic heterocycles. The Hall–Kier alpha value is -2.18. The average Bonchev–Trinajstić information content (AvgIpc) is 2.63. The van der Waals surface area contributed by atoms with Crippen molar-refractivity contribution in [3.8, 4) is 0 Å². The van der Waals surface area contributed by atoms with Gasteiger partial charge in [0.1, 0.15) is 17.3 Å². The van der Waals surface area contributed by atoms with Crippen LogP contribution in [0.2, 0.25) is 5.02 Å². The maximum atomic E-state index is 12.7. The molecule has 0 bridgehead atoms. The molecule has 3 rings (SSSR count). The van der Waals surface area contributed by atoms with Crippen LogP contribution in [-0.4, -0.2) is 65.4 Å². The lowest BCUT2D eigenvalue weighted by Gasteiger charge is -2.32. The Kier molecular flexibility index (Phi) is 6.06. The molecule has 1 fully saturated rings. The fourth-order valence-electron chi connectivity index (χ4n) is 2.93. The van der Waals surface area contributed by atoms with Crippen LogP contribution >= 0.6 is 11.6 Å². The summed E-state index contributed by atoms with van der Waals surface area (Å²) in [4.78, 5) is 25.5. The molecule has 6 nitrogen and oxygen atoms in total. The zero-order valence-corrected chi connectivity index (χ0v) is 16.0. The van der Waals surface area contributed by atoms with Gasteiger partial charge in [-0.3, -0.25) is 4.79 Å². The lowest BCUT2D eigenvalue weighted by molar-refractivity contribution is 0.0658. The number of anilines is 1. The first-order chi connectivity index (χ1) is 12.5. The predicted molar refractivity (Wildman–Crippen MR) is 104 cm³/mol. The SMILES string of the molecule is Cc1nc(NCCc2ccc(Cl)cc2)cc(C(=O)N2CCN(C)CC2)n1. The molecule has 1 N–H and O–H groups in total. The van der Waals surface area contributed by atoms with Crippen LogP contribution < -0.4 is 5.32 Å². The summed E-state index contributed by atoms with van der Waals surface area (Å²) in [5.41, 5.74) is 1.65. The zero-order chi connectivity index (χ0) is 18.5. The van der Waals surface area contributed by atoms with E-state index < -0.39 is 0 Å². The highest BCUT2D eigenvalue weighted by atomic mass is 35.5. The summed E-state index contributed by atoms with van der Waals surface area (Å²) in [6.45, 7) is 5.78. The molecule has 26 heavy (non-hydrogen) atoms. The Morgan fingerprint density at radius 3 is 2.54 bits per heavy atom. The van der Waals surface area contributed by atoms with E-state index in [4.69, 9.17) is 11.6 Å². The highest BCUT2D eigenvalue weighted by Crippen LogP contribution is 2.13. The van der Waals surface area contributed by atoms with E-state index in [2.05, 4.69) is 27.2 Å². The van der Waals surface area contributed by atoms with Gasteiger partial charge in [-0.15, -0.1) is 0 Å². The van der Waals surface area contributed by atoms with Crippen molar-refractivity contribution in [1.29, 1.82) is 0 Å². The third-order valence-corrected chi connectivity index (χ3v) is 4.73. The number of rotatable bonds is 5. The highest BCUT2D eigenvalue weighted by Gasteiger charge is 2.22. The van der Waals surface area contributed by atoms with Crippen LogP contribution in [0.1, 0.15) is 21.9 Å². The smallest absolute Gasteiger partial charge is 0.272 e. The number of halogens is 1. The Balaban J connectivity index is 1.61. The van der Waals surface area contributed by atoms with Crippen molar-refractivity contribution >= 4 is 23.3 Å². The summed E-state index contributed by atoms with van der Waals surface area (Å²) >= 11 is 5.91. The van der Waals surface area contributed by atoms with Gasteiger partial charge in [0.15, 0.2) is 0 Å². The number of benzene rings is 1. The van der Waals surface area contributed by atoms with Gasteiger partial charge >= 0.3 is 0 Å². The van der Waals surface area contributed by atoms with Gasteiger partial charge in [0, 0.05) is 43.8 Å². The van der Waals surface area contributed by atoms with E-state index >= 15 is 0 Å². The van der Waals surface area contributed by atoms with Crippen LogP contribution in [0.15, 0.2) is 30.3 Å². The van der Waals surface area contributed by atoms with Crippen molar-refractivity contribution in [2.75, 3.05) is 45.1 Å². The largest absolute Gasteiger partial charge is 0.370 e. The average molecular weight is 374 g/mol. The summed E-state index contributed by atoms with van der Waals surface area (Å²) < 4.78 is 0. The van der Waals surface area contributed by atoms with Crippen LogP contribution in [-0.2, 0) is 6.42 Å². The third kappa shape index (κ3) is 4.93. The molecule has 0 unspecified atom stereocenters. The van der Waals surface area contributed by atoms with Gasteiger partial charge in [-0.05, 0) is 38.1 Å². The monoisotopic (exact) mass is 373 g/mol. The molecule has 1 saturated heterocycles. The molecule has 1 amide bonds. The molecule has 2 aromatic rings. The molecule has 138 valence electrons. The van der Waals surface area contributed by atoms with Gasteiger partial charge in [-0.1, -0.05) is 23.7 Å². The van der Waals surface area contributed by atoms with E-state index in [1.54, 1.807) is 6.07 Å². The molecule has 0 aliphatic carbocycles. The van der Waals surface area contributed by atoms with Gasteiger partial charge in [0.2, 0.25) is 0 Å². The van der Waals surface area contributed by atoms with Crippen LogP contribution in [0.5, 0.6) is 0 Å². The van der Waals surface area contributed by atoms with Crippen molar-refractivity contribution in [3.63, 3.8) is 0 Å².